The van der Waals surface area contributed by atoms with Gasteiger partial charge in [0.25, 0.3) is 5.91 Å². The van der Waals surface area contributed by atoms with E-state index >= 15 is 0 Å². The van der Waals surface area contributed by atoms with Crippen molar-refractivity contribution in [3.8, 4) is 5.75 Å². The summed E-state index contributed by atoms with van der Waals surface area (Å²) in [7, 11) is 0. The zero-order valence-corrected chi connectivity index (χ0v) is 13.8. The molecule has 24 heavy (non-hydrogen) atoms. The molecule has 0 saturated carbocycles. The second-order valence-corrected chi connectivity index (χ2v) is 5.51. The van der Waals surface area contributed by atoms with Gasteiger partial charge in [-0.2, -0.15) is 5.10 Å². The molecule has 0 radical (unpaired) electrons. The van der Waals surface area contributed by atoms with Crippen molar-refractivity contribution < 1.29 is 13.9 Å². The minimum absolute atomic E-state index is 0.122. The van der Waals surface area contributed by atoms with Crippen LogP contribution in [0.4, 0.5) is 4.39 Å². The van der Waals surface area contributed by atoms with Gasteiger partial charge in [-0.05, 0) is 47.7 Å². The van der Waals surface area contributed by atoms with Crippen LogP contribution in [0.1, 0.15) is 37.3 Å². The van der Waals surface area contributed by atoms with Crippen LogP contribution in [-0.2, 0) is 4.79 Å². The van der Waals surface area contributed by atoms with Crippen molar-refractivity contribution in [2.45, 2.75) is 26.2 Å². The average molecular weight is 328 g/mol. The monoisotopic (exact) mass is 328 g/mol. The Morgan fingerprint density at radius 1 is 1.21 bits per heavy atom. The Balaban J connectivity index is 1.77. The Kier molecular flexibility index (Phi) is 6.49. The number of hydrogen-bond donors (Lipinski definition) is 1. The van der Waals surface area contributed by atoms with Gasteiger partial charge in [0.05, 0.1) is 6.21 Å². The third-order valence-corrected chi connectivity index (χ3v) is 3.70. The van der Waals surface area contributed by atoms with E-state index in [0.717, 1.165) is 6.42 Å². The maximum absolute atomic E-state index is 12.8. The van der Waals surface area contributed by atoms with Crippen LogP contribution in [0.25, 0.3) is 0 Å². The predicted molar refractivity (Wildman–Crippen MR) is 92.8 cm³/mol. The van der Waals surface area contributed by atoms with E-state index in [2.05, 4.69) is 24.4 Å². The Morgan fingerprint density at radius 2 is 1.88 bits per heavy atom. The molecule has 0 fully saturated rings. The van der Waals surface area contributed by atoms with E-state index in [1.54, 1.807) is 12.1 Å². The van der Waals surface area contributed by atoms with Gasteiger partial charge < -0.3 is 4.74 Å². The molecule has 0 aromatic heterocycles. The first-order valence-electron chi connectivity index (χ1n) is 7.88. The number of nitrogens with one attached hydrogen (secondary N) is 1. The highest BCUT2D eigenvalue weighted by Crippen LogP contribution is 2.21. The van der Waals surface area contributed by atoms with Crippen LogP contribution in [0.2, 0.25) is 0 Å². The first-order valence-corrected chi connectivity index (χ1v) is 7.88. The van der Waals surface area contributed by atoms with Crippen molar-refractivity contribution in [3.05, 3.63) is 65.5 Å². The van der Waals surface area contributed by atoms with Gasteiger partial charge >= 0.3 is 0 Å². The second-order valence-electron chi connectivity index (χ2n) is 5.51. The zero-order valence-electron chi connectivity index (χ0n) is 13.8. The first kappa shape index (κ1) is 17.7. The lowest BCUT2D eigenvalue weighted by Crippen LogP contribution is -2.24. The molecule has 5 heteroatoms. The summed E-state index contributed by atoms with van der Waals surface area (Å²) < 4.78 is 18.2. The van der Waals surface area contributed by atoms with Gasteiger partial charge in [-0.25, -0.2) is 9.82 Å². The number of carbonyl (C=O) groups is 1. The molecule has 0 heterocycles. The lowest BCUT2D eigenvalue weighted by molar-refractivity contribution is -0.123. The van der Waals surface area contributed by atoms with Crippen molar-refractivity contribution in [2.75, 3.05) is 6.61 Å². The summed E-state index contributed by atoms with van der Waals surface area (Å²) >= 11 is 0. The molecular formula is C19H21FN2O2. The minimum atomic E-state index is -0.362. The number of nitrogens with zero attached hydrogens (tertiary/aromatic N) is 1. The molecule has 0 saturated heterocycles. The highest BCUT2D eigenvalue weighted by Gasteiger charge is 2.04. The normalized spacial score (nSPS) is 12.1. The van der Waals surface area contributed by atoms with Gasteiger partial charge in [0, 0.05) is 0 Å². The Morgan fingerprint density at radius 3 is 2.50 bits per heavy atom. The fraction of sp³-hybridized carbons (Fsp3) is 0.263. The average Bonchev–Trinajstić information content (AvgIpc) is 2.61. The van der Waals surface area contributed by atoms with Crippen molar-refractivity contribution >= 4 is 12.1 Å². The molecule has 1 amide bonds. The molecule has 0 aliphatic rings. The topological polar surface area (TPSA) is 50.7 Å². The molecule has 0 aliphatic heterocycles. The summed E-state index contributed by atoms with van der Waals surface area (Å²) in [6.45, 7) is 4.19. The maximum atomic E-state index is 12.8. The van der Waals surface area contributed by atoms with E-state index in [1.807, 2.05) is 24.3 Å². The van der Waals surface area contributed by atoms with Crippen molar-refractivity contribution in [3.63, 3.8) is 0 Å². The minimum Gasteiger partial charge on any atom is -0.484 e. The molecule has 0 unspecified atom stereocenters. The number of hydrazone groups is 1. The summed E-state index contributed by atoms with van der Waals surface area (Å²) in [4.78, 5) is 11.7. The molecule has 2 rings (SSSR count). The number of carbonyl (C=O) groups excluding carboxylic acids is 1. The predicted octanol–water partition coefficient (Wildman–Crippen LogP) is 3.87. The fourth-order valence-electron chi connectivity index (χ4n) is 2.04. The van der Waals surface area contributed by atoms with E-state index in [4.69, 9.17) is 4.74 Å². The standard InChI is InChI=1S/C19H21FN2O2/c1-3-14(2)16-6-10-18(11-7-16)24-13-19(23)22-21-12-15-4-8-17(20)9-5-15/h4-12,14H,3,13H2,1-2H3,(H,22,23)/b21-12-/t14-/m0/s1. The summed E-state index contributed by atoms with van der Waals surface area (Å²) in [5, 5.41) is 3.80. The number of hydrogen-bond acceptors (Lipinski definition) is 3. The third-order valence-electron chi connectivity index (χ3n) is 3.70. The number of rotatable bonds is 7. The highest BCUT2D eigenvalue weighted by molar-refractivity contribution is 5.82. The van der Waals surface area contributed by atoms with Crippen LogP contribution >= 0.6 is 0 Å². The molecule has 1 atom stereocenters. The van der Waals surface area contributed by atoms with E-state index < -0.39 is 0 Å². The van der Waals surface area contributed by atoms with Crippen molar-refractivity contribution in [2.24, 2.45) is 5.10 Å². The molecule has 1 N–H and O–H groups in total. The van der Waals surface area contributed by atoms with Crippen molar-refractivity contribution in [1.82, 2.24) is 5.43 Å². The number of halogens is 1. The summed E-state index contributed by atoms with van der Waals surface area (Å²) in [5.41, 5.74) is 4.31. The highest BCUT2D eigenvalue weighted by atomic mass is 19.1. The zero-order chi connectivity index (χ0) is 17.4. The third kappa shape index (κ3) is 5.50. The number of benzene rings is 2. The van der Waals surface area contributed by atoms with Gasteiger partial charge in [0.1, 0.15) is 11.6 Å². The van der Waals surface area contributed by atoms with Gasteiger partial charge in [-0.3, -0.25) is 4.79 Å². The molecule has 0 spiro atoms. The van der Waals surface area contributed by atoms with E-state index in [0.29, 0.717) is 17.2 Å². The van der Waals surface area contributed by atoms with Crippen LogP contribution in [0, 0.1) is 5.82 Å². The lowest BCUT2D eigenvalue weighted by Gasteiger charge is -2.10. The van der Waals surface area contributed by atoms with Crippen LogP contribution in [-0.4, -0.2) is 18.7 Å². The van der Waals surface area contributed by atoms with Crippen LogP contribution in [0.5, 0.6) is 5.75 Å². The molecule has 4 nitrogen and oxygen atoms in total. The van der Waals surface area contributed by atoms with E-state index in [1.165, 1.54) is 23.9 Å². The second kappa shape index (κ2) is 8.82. The van der Waals surface area contributed by atoms with Crippen molar-refractivity contribution in [1.29, 1.82) is 0 Å². The van der Waals surface area contributed by atoms with Gasteiger partial charge in [-0.1, -0.05) is 38.1 Å². The molecular weight excluding hydrogens is 307 g/mol. The molecule has 126 valence electrons. The van der Waals surface area contributed by atoms with Gasteiger partial charge in [0.2, 0.25) is 0 Å². The summed E-state index contributed by atoms with van der Waals surface area (Å²) in [6.07, 6.45) is 2.52. The Hall–Kier alpha value is -2.69. The smallest absolute Gasteiger partial charge is 0.277 e. The molecule has 2 aromatic rings. The van der Waals surface area contributed by atoms with Crippen LogP contribution in [0.3, 0.4) is 0 Å². The SMILES string of the molecule is CC[C@H](C)c1ccc(OCC(=O)N/N=C\c2ccc(F)cc2)cc1. The van der Waals surface area contributed by atoms with Gasteiger partial charge in [0.15, 0.2) is 6.61 Å². The van der Waals surface area contributed by atoms with E-state index in [-0.39, 0.29) is 18.3 Å². The molecule has 0 bridgehead atoms. The quantitative estimate of drug-likeness (QED) is 0.619. The number of ether oxygens (including phenoxy) is 1. The first-order chi connectivity index (χ1) is 11.6. The number of amides is 1. The van der Waals surface area contributed by atoms with Gasteiger partial charge in [-0.15, -0.1) is 0 Å². The Bertz CT molecular complexity index is 682. The lowest BCUT2D eigenvalue weighted by atomic mass is 9.99. The summed E-state index contributed by atoms with van der Waals surface area (Å²) in [5.74, 6) is 0.464. The summed E-state index contributed by atoms with van der Waals surface area (Å²) in [6, 6.07) is 13.5. The Labute approximate surface area is 141 Å². The molecule has 0 aliphatic carbocycles. The maximum Gasteiger partial charge on any atom is 0.277 e. The van der Waals surface area contributed by atoms with Crippen LogP contribution in [0.15, 0.2) is 53.6 Å². The fourth-order valence-corrected chi connectivity index (χ4v) is 2.04. The van der Waals surface area contributed by atoms with Crippen LogP contribution < -0.4 is 10.2 Å². The molecule has 2 aromatic carbocycles. The largest absolute Gasteiger partial charge is 0.484 e. The van der Waals surface area contributed by atoms with E-state index in [9.17, 15) is 9.18 Å².